The average molecular weight is 421 g/mol. The number of nitrogens with one attached hydrogen (secondary N) is 1. The molecule has 2 heterocycles. The first kappa shape index (κ1) is 21.5. The summed E-state index contributed by atoms with van der Waals surface area (Å²) in [5, 5.41) is 11.5. The lowest BCUT2D eigenvalue weighted by Gasteiger charge is -2.16. The Kier molecular flexibility index (Phi) is 5.69. The number of nitrogens with zero attached hydrogens (tertiary/aromatic N) is 4. The molecule has 0 aliphatic rings. The molecule has 1 N–H and O–H groups in total. The fourth-order valence-corrected chi connectivity index (χ4v) is 3.23. The molecule has 10 heteroatoms. The zero-order valence-electron chi connectivity index (χ0n) is 17.0. The Morgan fingerprint density at radius 1 is 1.17 bits per heavy atom. The molecule has 1 unspecified atom stereocenters. The predicted octanol–water partition coefficient (Wildman–Crippen LogP) is 3.38. The normalized spacial score (nSPS) is 13.1. The maximum Gasteiger partial charge on any atom is 0.416 e. The minimum atomic E-state index is -4.42. The summed E-state index contributed by atoms with van der Waals surface area (Å²) in [6.07, 6.45) is -2.92. The Morgan fingerprint density at radius 2 is 1.80 bits per heavy atom. The molecule has 0 fully saturated rings. The van der Waals surface area contributed by atoms with Crippen LogP contribution in [0.4, 0.5) is 13.2 Å². The average Bonchev–Trinajstić information content (AvgIpc) is 3.01. The van der Waals surface area contributed by atoms with Crippen LogP contribution in [0.3, 0.4) is 0 Å². The molecule has 0 saturated heterocycles. The Hall–Kier alpha value is -3.17. The summed E-state index contributed by atoms with van der Waals surface area (Å²) in [6, 6.07) is 4.07. The van der Waals surface area contributed by atoms with Crippen LogP contribution in [0.15, 0.2) is 35.3 Å². The van der Waals surface area contributed by atoms with Gasteiger partial charge in [0, 0.05) is 6.04 Å². The molecule has 160 valence electrons. The fourth-order valence-electron chi connectivity index (χ4n) is 3.23. The van der Waals surface area contributed by atoms with Crippen LogP contribution in [0.1, 0.15) is 49.7 Å². The van der Waals surface area contributed by atoms with Gasteiger partial charge in [0.2, 0.25) is 5.91 Å². The van der Waals surface area contributed by atoms with Gasteiger partial charge in [-0.3, -0.25) is 14.3 Å². The highest BCUT2D eigenvalue weighted by molar-refractivity contribution is 5.81. The molecule has 0 aliphatic carbocycles. The van der Waals surface area contributed by atoms with Crippen molar-refractivity contribution >= 4 is 16.8 Å². The number of hydrogen-bond acceptors (Lipinski definition) is 4. The molecule has 0 saturated carbocycles. The second-order valence-electron chi connectivity index (χ2n) is 7.40. The van der Waals surface area contributed by atoms with Gasteiger partial charge >= 0.3 is 6.18 Å². The van der Waals surface area contributed by atoms with Crippen LogP contribution in [0.25, 0.3) is 10.9 Å². The van der Waals surface area contributed by atoms with E-state index in [4.69, 9.17) is 0 Å². The fraction of sp³-hybridized carbons (Fsp3) is 0.400. The third-order valence-electron chi connectivity index (χ3n) is 4.79. The van der Waals surface area contributed by atoms with Crippen molar-refractivity contribution in [3.8, 4) is 0 Å². The summed E-state index contributed by atoms with van der Waals surface area (Å²) in [4.78, 5) is 25.2. The van der Waals surface area contributed by atoms with Gasteiger partial charge in [0.05, 0.1) is 34.4 Å². The van der Waals surface area contributed by atoms with Crippen LogP contribution in [0, 0.1) is 6.92 Å². The highest BCUT2D eigenvalue weighted by Gasteiger charge is 2.30. The van der Waals surface area contributed by atoms with Crippen LogP contribution < -0.4 is 10.9 Å². The van der Waals surface area contributed by atoms with E-state index in [-0.39, 0.29) is 12.6 Å². The Balaban J connectivity index is 1.76. The van der Waals surface area contributed by atoms with Gasteiger partial charge in [-0.1, -0.05) is 12.1 Å². The third kappa shape index (κ3) is 4.22. The summed E-state index contributed by atoms with van der Waals surface area (Å²) < 4.78 is 40.8. The summed E-state index contributed by atoms with van der Waals surface area (Å²) in [5.74, 6) is -0.481. The Bertz CT molecular complexity index is 1130. The SMILES string of the molecule is Cc1nn(C(C)C)c2cnn(CC(=O)NC(C)c3ccc(C(F)(F)F)cc3)c(=O)c12. The Morgan fingerprint density at radius 3 is 2.37 bits per heavy atom. The van der Waals surface area contributed by atoms with Crippen molar-refractivity contribution in [3.63, 3.8) is 0 Å². The minimum absolute atomic E-state index is 0.0473. The number of benzene rings is 1. The number of rotatable bonds is 5. The van der Waals surface area contributed by atoms with E-state index in [1.54, 1.807) is 18.5 Å². The smallest absolute Gasteiger partial charge is 0.348 e. The Labute approximate surface area is 170 Å². The molecule has 30 heavy (non-hydrogen) atoms. The van der Waals surface area contributed by atoms with Crippen LogP contribution in [-0.2, 0) is 17.5 Å². The molecule has 0 radical (unpaired) electrons. The highest BCUT2D eigenvalue weighted by Crippen LogP contribution is 2.29. The summed E-state index contributed by atoms with van der Waals surface area (Å²) in [6.45, 7) is 6.93. The summed E-state index contributed by atoms with van der Waals surface area (Å²) >= 11 is 0. The maximum atomic E-state index is 12.8. The van der Waals surface area contributed by atoms with Crippen LogP contribution in [-0.4, -0.2) is 25.5 Å². The van der Waals surface area contributed by atoms with E-state index in [0.717, 1.165) is 16.8 Å². The van der Waals surface area contributed by atoms with Crippen molar-refractivity contribution in [3.05, 3.63) is 57.6 Å². The van der Waals surface area contributed by atoms with Crippen LogP contribution in [0.2, 0.25) is 0 Å². The molecule has 3 aromatic rings. The lowest BCUT2D eigenvalue weighted by atomic mass is 10.1. The standard InChI is InChI=1S/C20H22F3N5O2/c1-11(2)28-16-9-24-27(19(30)18(16)13(4)26-28)10-17(29)25-12(3)14-5-7-15(8-6-14)20(21,22)23/h5-9,11-12H,10H2,1-4H3,(H,25,29). The first-order chi connectivity index (χ1) is 14.0. The zero-order valence-corrected chi connectivity index (χ0v) is 17.0. The molecule has 3 rings (SSSR count). The largest absolute Gasteiger partial charge is 0.416 e. The molecule has 1 aromatic carbocycles. The van der Waals surface area contributed by atoms with Crippen molar-refractivity contribution in [2.45, 2.75) is 52.5 Å². The van der Waals surface area contributed by atoms with E-state index in [1.165, 1.54) is 18.3 Å². The number of carbonyl (C=O) groups is 1. The van der Waals surface area contributed by atoms with Gasteiger partial charge in [-0.05, 0) is 45.4 Å². The molecular formula is C20H22F3N5O2. The molecule has 0 aliphatic heterocycles. The van der Waals surface area contributed by atoms with Crippen molar-refractivity contribution in [2.24, 2.45) is 0 Å². The predicted molar refractivity (Wildman–Crippen MR) is 105 cm³/mol. The van der Waals surface area contributed by atoms with Gasteiger partial charge < -0.3 is 5.32 Å². The number of aryl methyl sites for hydroxylation is 1. The van der Waals surface area contributed by atoms with E-state index in [0.29, 0.717) is 22.2 Å². The van der Waals surface area contributed by atoms with Gasteiger partial charge in [0.25, 0.3) is 5.56 Å². The molecule has 1 atom stereocenters. The third-order valence-corrected chi connectivity index (χ3v) is 4.79. The minimum Gasteiger partial charge on any atom is -0.348 e. The van der Waals surface area contributed by atoms with Gasteiger partial charge in [-0.25, -0.2) is 4.68 Å². The lowest BCUT2D eigenvalue weighted by Crippen LogP contribution is -2.35. The number of halogens is 3. The first-order valence-corrected chi connectivity index (χ1v) is 9.40. The maximum absolute atomic E-state index is 12.8. The highest BCUT2D eigenvalue weighted by atomic mass is 19.4. The van der Waals surface area contributed by atoms with Crippen molar-refractivity contribution in [1.29, 1.82) is 0 Å². The molecule has 7 nitrogen and oxygen atoms in total. The molecule has 2 aromatic heterocycles. The number of fused-ring (bicyclic) bond motifs is 1. The van der Waals surface area contributed by atoms with Crippen molar-refractivity contribution in [1.82, 2.24) is 24.9 Å². The first-order valence-electron chi connectivity index (χ1n) is 9.40. The summed E-state index contributed by atoms with van der Waals surface area (Å²) in [7, 11) is 0. The van der Waals surface area contributed by atoms with Crippen LogP contribution >= 0.6 is 0 Å². The summed E-state index contributed by atoms with van der Waals surface area (Å²) in [5.41, 5.74) is 0.488. The monoisotopic (exact) mass is 421 g/mol. The quantitative estimate of drug-likeness (QED) is 0.685. The second kappa shape index (κ2) is 7.92. The van der Waals surface area contributed by atoms with E-state index in [2.05, 4.69) is 15.5 Å². The molecule has 1 amide bonds. The second-order valence-corrected chi connectivity index (χ2v) is 7.40. The lowest BCUT2D eigenvalue weighted by molar-refractivity contribution is -0.137. The van der Waals surface area contributed by atoms with E-state index < -0.39 is 29.2 Å². The van der Waals surface area contributed by atoms with Crippen molar-refractivity contribution in [2.75, 3.05) is 0 Å². The van der Waals surface area contributed by atoms with Crippen molar-refractivity contribution < 1.29 is 18.0 Å². The van der Waals surface area contributed by atoms with Gasteiger partial charge in [0.1, 0.15) is 6.54 Å². The van der Waals surface area contributed by atoms with Gasteiger partial charge in [-0.2, -0.15) is 23.4 Å². The van der Waals surface area contributed by atoms with Crippen LogP contribution in [0.5, 0.6) is 0 Å². The number of carbonyl (C=O) groups excluding carboxylic acids is 1. The zero-order chi connectivity index (χ0) is 22.2. The molecule has 0 bridgehead atoms. The van der Waals surface area contributed by atoms with E-state index in [1.807, 2.05) is 13.8 Å². The molecular weight excluding hydrogens is 399 g/mol. The van der Waals surface area contributed by atoms with Gasteiger partial charge in [0.15, 0.2) is 0 Å². The van der Waals surface area contributed by atoms with E-state index >= 15 is 0 Å². The topological polar surface area (TPSA) is 81.8 Å². The number of hydrogen-bond donors (Lipinski definition) is 1. The van der Waals surface area contributed by atoms with Gasteiger partial charge in [-0.15, -0.1) is 0 Å². The molecule has 0 spiro atoms. The number of aromatic nitrogens is 4. The van der Waals surface area contributed by atoms with E-state index in [9.17, 15) is 22.8 Å². The number of alkyl halides is 3. The number of amides is 1.